The molecule has 1 aliphatic rings. The maximum Gasteiger partial charge on any atom is 0.249 e. The van der Waals surface area contributed by atoms with Gasteiger partial charge in [-0.3, -0.25) is 4.79 Å². The number of rotatable bonds is 12. The lowest BCUT2D eigenvalue weighted by Gasteiger charge is -2.43. The number of aliphatic hydroxyl groups is 2. The number of carbonyl (C=O) groups is 1. The van der Waals surface area contributed by atoms with Crippen molar-refractivity contribution >= 4 is 5.91 Å². The highest BCUT2D eigenvalue weighted by molar-refractivity contribution is 5.81. The normalized spacial score (nSPS) is 29.1. The van der Waals surface area contributed by atoms with Crippen LogP contribution in [0.25, 0.3) is 0 Å². The fourth-order valence-corrected chi connectivity index (χ4v) is 3.21. The zero-order valence-corrected chi connectivity index (χ0v) is 16.3. The minimum Gasteiger partial charge on any atom is -0.390 e. The van der Waals surface area contributed by atoms with E-state index in [4.69, 9.17) is 15.2 Å². The van der Waals surface area contributed by atoms with E-state index in [1.165, 1.54) is 0 Å². The zero-order chi connectivity index (χ0) is 19.5. The number of ether oxygens (including phenoxy) is 2. The summed E-state index contributed by atoms with van der Waals surface area (Å²) >= 11 is 0. The molecule has 1 fully saturated rings. The summed E-state index contributed by atoms with van der Waals surface area (Å²) in [4.78, 5) is 12.6. The highest BCUT2D eigenvalue weighted by atomic mass is 16.7. The predicted octanol–water partition coefficient (Wildman–Crippen LogP) is -0.423. The van der Waals surface area contributed by atoms with Crippen LogP contribution in [0.4, 0.5) is 0 Å². The van der Waals surface area contributed by atoms with Gasteiger partial charge in [-0.1, -0.05) is 13.8 Å². The van der Waals surface area contributed by atoms with E-state index in [1.807, 2.05) is 13.8 Å². The highest BCUT2D eigenvalue weighted by Gasteiger charge is 2.48. The Morgan fingerprint density at radius 1 is 1.15 bits per heavy atom. The summed E-state index contributed by atoms with van der Waals surface area (Å²) in [6, 6.07) is 0. The molecule has 0 saturated carbocycles. The van der Waals surface area contributed by atoms with Crippen LogP contribution in [0.1, 0.15) is 40.0 Å². The third-order valence-corrected chi connectivity index (χ3v) is 4.65. The van der Waals surface area contributed by atoms with E-state index in [-0.39, 0.29) is 11.8 Å². The summed E-state index contributed by atoms with van der Waals surface area (Å²) in [7, 11) is 0. The smallest absolute Gasteiger partial charge is 0.249 e. The maximum atomic E-state index is 12.6. The van der Waals surface area contributed by atoms with Gasteiger partial charge in [0.1, 0.15) is 12.2 Å². The third-order valence-electron chi connectivity index (χ3n) is 4.65. The number of nitrogens with two attached hydrogens (primary N) is 1. The number of amides is 1. The first kappa shape index (κ1) is 23.3. The van der Waals surface area contributed by atoms with Gasteiger partial charge in [-0.05, 0) is 51.7 Å². The third kappa shape index (κ3) is 7.09. The second-order valence-electron chi connectivity index (χ2n) is 7.07. The van der Waals surface area contributed by atoms with Crippen molar-refractivity contribution in [1.82, 2.24) is 10.6 Å². The maximum absolute atomic E-state index is 12.6. The average molecular weight is 376 g/mol. The lowest BCUT2D eigenvalue weighted by Crippen LogP contribution is -2.60. The van der Waals surface area contributed by atoms with E-state index in [1.54, 1.807) is 6.92 Å². The minimum atomic E-state index is -1.16. The number of carbonyl (C=O) groups excluding carboxylic acids is 1. The van der Waals surface area contributed by atoms with Gasteiger partial charge in [0.15, 0.2) is 6.29 Å². The van der Waals surface area contributed by atoms with Gasteiger partial charge in [-0.15, -0.1) is 0 Å². The molecule has 8 nitrogen and oxygen atoms in total. The average Bonchev–Trinajstić information content (AvgIpc) is 2.60. The Morgan fingerprint density at radius 2 is 1.81 bits per heavy atom. The van der Waals surface area contributed by atoms with Crippen LogP contribution in [0.3, 0.4) is 0 Å². The monoisotopic (exact) mass is 375 g/mol. The quantitative estimate of drug-likeness (QED) is 0.293. The summed E-state index contributed by atoms with van der Waals surface area (Å²) in [6.07, 6.45) is -1.30. The van der Waals surface area contributed by atoms with Gasteiger partial charge in [-0.25, -0.2) is 0 Å². The van der Waals surface area contributed by atoms with E-state index in [9.17, 15) is 15.0 Å². The van der Waals surface area contributed by atoms with Crippen molar-refractivity contribution in [2.45, 2.75) is 64.6 Å². The number of unbranched alkanes of at least 4 members (excludes halogenated alkanes) is 1. The Bertz CT molecular complexity index is 397. The summed E-state index contributed by atoms with van der Waals surface area (Å²) in [5.74, 6) is -0.778. The molecule has 6 N–H and O–H groups in total. The number of nitrogens with one attached hydrogen (secondary N) is 2. The molecule has 0 aromatic carbocycles. The van der Waals surface area contributed by atoms with Crippen LogP contribution >= 0.6 is 0 Å². The molecule has 0 aromatic heterocycles. The molecule has 1 heterocycles. The standard InChI is InChI=1S/C18H37N3O5/c1-4-25-18-15(23)14(22)13(12(2)3)16(26-18)17(24)21-11-6-5-9-20-10-7-8-19/h12-16,18,20,22-23H,4-11,19H2,1-3H3,(H,21,24). The van der Waals surface area contributed by atoms with Gasteiger partial charge >= 0.3 is 0 Å². The van der Waals surface area contributed by atoms with Gasteiger partial charge in [0.05, 0.1) is 6.10 Å². The SMILES string of the molecule is CCOC1OC(C(=O)NCCCCNCCCN)C(C(C)C)C(O)C1O. The second kappa shape index (κ2) is 12.6. The van der Waals surface area contributed by atoms with Crippen LogP contribution in [0, 0.1) is 11.8 Å². The summed E-state index contributed by atoms with van der Waals surface area (Å²) in [6.45, 7) is 8.93. The van der Waals surface area contributed by atoms with Crippen LogP contribution in [0.15, 0.2) is 0 Å². The molecule has 26 heavy (non-hydrogen) atoms. The van der Waals surface area contributed by atoms with Crippen LogP contribution in [0.2, 0.25) is 0 Å². The molecular formula is C18H37N3O5. The molecule has 1 aliphatic heterocycles. The molecule has 8 heteroatoms. The van der Waals surface area contributed by atoms with Gasteiger partial charge in [-0.2, -0.15) is 0 Å². The van der Waals surface area contributed by atoms with Crippen molar-refractivity contribution in [2.75, 3.05) is 32.8 Å². The van der Waals surface area contributed by atoms with Crippen LogP contribution < -0.4 is 16.4 Å². The van der Waals surface area contributed by atoms with Crippen molar-refractivity contribution in [1.29, 1.82) is 0 Å². The lowest BCUT2D eigenvalue weighted by atomic mass is 9.80. The second-order valence-corrected chi connectivity index (χ2v) is 7.07. The Balaban J connectivity index is 2.47. The van der Waals surface area contributed by atoms with Crippen molar-refractivity contribution < 1.29 is 24.5 Å². The molecule has 154 valence electrons. The molecule has 0 bridgehead atoms. The molecule has 1 amide bonds. The van der Waals surface area contributed by atoms with Gasteiger partial charge in [0.2, 0.25) is 5.91 Å². The molecule has 1 rings (SSSR count). The van der Waals surface area contributed by atoms with Crippen LogP contribution in [-0.2, 0) is 14.3 Å². The molecule has 0 spiro atoms. The molecule has 5 atom stereocenters. The minimum absolute atomic E-state index is 0.0234. The van der Waals surface area contributed by atoms with Gasteiger partial charge in [0.25, 0.3) is 0 Å². The van der Waals surface area contributed by atoms with E-state index >= 15 is 0 Å². The van der Waals surface area contributed by atoms with Gasteiger partial charge in [0, 0.05) is 19.1 Å². The Morgan fingerprint density at radius 3 is 2.42 bits per heavy atom. The van der Waals surface area contributed by atoms with Crippen molar-refractivity contribution in [3.63, 3.8) is 0 Å². The largest absolute Gasteiger partial charge is 0.390 e. The molecular weight excluding hydrogens is 338 g/mol. The molecule has 1 saturated heterocycles. The first-order valence-corrected chi connectivity index (χ1v) is 9.75. The van der Waals surface area contributed by atoms with Gasteiger partial charge < -0.3 is 36.1 Å². The summed E-state index contributed by atoms with van der Waals surface area (Å²) in [5, 5.41) is 26.8. The zero-order valence-electron chi connectivity index (χ0n) is 16.3. The Hall–Kier alpha value is -0.770. The summed E-state index contributed by atoms with van der Waals surface area (Å²) < 4.78 is 11.0. The van der Waals surface area contributed by atoms with Crippen LogP contribution in [0.5, 0.6) is 0 Å². The van der Waals surface area contributed by atoms with E-state index in [0.717, 1.165) is 32.4 Å². The fourth-order valence-electron chi connectivity index (χ4n) is 3.21. The topological polar surface area (TPSA) is 126 Å². The first-order valence-electron chi connectivity index (χ1n) is 9.75. The molecule has 0 aromatic rings. The number of hydrogen-bond acceptors (Lipinski definition) is 7. The van der Waals surface area contributed by atoms with Crippen LogP contribution in [-0.4, -0.2) is 73.5 Å². The Kier molecular flexibility index (Phi) is 11.3. The fraction of sp³-hybridized carbons (Fsp3) is 0.944. The molecule has 0 radical (unpaired) electrons. The highest BCUT2D eigenvalue weighted by Crippen LogP contribution is 2.32. The summed E-state index contributed by atoms with van der Waals surface area (Å²) in [5.41, 5.74) is 5.43. The first-order chi connectivity index (χ1) is 12.4. The van der Waals surface area contributed by atoms with E-state index in [2.05, 4.69) is 10.6 Å². The predicted molar refractivity (Wildman–Crippen MR) is 99.4 cm³/mol. The number of hydrogen-bond donors (Lipinski definition) is 5. The molecule has 0 aliphatic carbocycles. The van der Waals surface area contributed by atoms with E-state index < -0.39 is 30.5 Å². The Labute approximate surface area is 156 Å². The van der Waals surface area contributed by atoms with Crippen molar-refractivity contribution in [3.8, 4) is 0 Å². The lowest BCUT2D eigenvalue weighted by molar-refractivity contribution is -0.283. The van der Waals surface area contributed by atoms with Crippen molar-refractivity contribution in [3.05, 3.63) is 0 Å². The van der Waals surface area contributed by atoms with Crippen molar-refractivity contribution in [2.24, 2.45) is 17.6 Å². The van der Waals surface area contributed by atoms with E-state index in [0.29, 0.717) is 19.7 Å². The molecule has 5 unspecified atom stereocenters. The number of aliphatic hydroxyl groups excluding tert-OH is 2.